The number of hydrogen-bond donors (Lipinski definition) is 1. The normalized spacial score (nSPS) is 21.2. The van der Waals surface area contributed by atoms with Crippen molar-refractivity contribution in [1.29, 1.82) is 0 Å². The molecule has 2 saturated heterocycles. The zero-order valence-electron chi connectivity index (χ0n) is 16.0. The first kappa shape index (κ1) is 17.5. The van der Waals surface area contributed by atoms with Crippen LogP contribution in [0.15, 0.2) is 49.1 Å². The number of rotatable bonds is 4. The number of nitrogens with zero attached hydrogens (tertiary/aromatic N) is 4. The van der Waals surface area contributed by atoms with Crippen molar-refractivity contribution in [3.63, 3.8) is 0 Å². The maximum absolute atomic E-state index is 6.30. The molecule has 7 heteroatoms. The quantitative estimate of drug-likeness (QED) is 0.755. The standard InChI is InChI=1S/C21H25N5O2/c1-27-18-4-2-16(3-5-18)25-12-10-23-19(25)20-24-11-13-26(20)17-14-21(28-15-17)6-8-22-9-7-21/h2-5,10-13,17,22H,6-9,14-15H2,1H3. The van der Waals surface area contributed by atoms with Gasteiger partial charge in [-0.2, -0.15) is 0 Å². The average molecular weight is 379 g/mol. The van der Waals surface area contributed by atoms with Crippen molar-refractivity contribution in [2.45, 2.75) is 30.9 Å². The molecule has 7 nitrogen and oxygen atoms in total. The molecule has 1 atom stereocenters. The van der Waals surface area contributed by atoms with Crippen LogP contribution in [0.1, 0.15) is 25.3 Å². The molecule has 2 aromatic heterocycles. The van der Waals surface area contributed by atoms with Crippen molar-refractivity contribution < 1.29 is 9.47 Å². The second-order valence-corrected chi connectivity index (χ2v) is 7.58. The molecule has 0 radical (unpaired) electrons. The van der Waals surface area contributed by atoms with Crippen LogP contribution in [0.5, 0.6) is 5.75 Å². The number of imidazole rings is 2. The Hall–Kier alpha value is -2.64. The van der Waals surface area contributed by atoms with Crippen LogP contribution < -0.4 is 10.1 Å². The Kier molecular flexibility index (Phi) is 4.41. The predicted octanol–water partition coefficient (Wildman–Crippen LogP) is 2.83. The van der Waals surface area contributed by atoms with Gasteiger partial charge in [-0.3, -0.25) is 4.57 Å². The molecule has 2 aliphatic heterocycles. The molecule has 3 aromatic rings. The van der Waals surface area contributed by atoms with Crippen LogP contribution in [0.2, 0.25) is 0 Å². The fraction of sp³-hybridized carbons (Fsp3) is 0.429. The first-order valence-corrected chi connectivity index (χ1v) is 9.84. The fourth-order valence-electron chi connectivity index (χ4n) is 4.43. The van der Waals surface area contributed by atoms with Crippen LogP contribution in [0.3, 0.4) is 0 Å². The smallest absolute Gasteiger partial charge is 0.181 e. The minimum absolute atomic E-state index is 0.0167. The summed E-state index contributed by atoms with van der Waals surface area (Å²) >= 11 is 0. The van der Waals surface area contributed by atoms with Gasteiger partial charge in [-0.1, -0.05) is 0 Å². The predicted molar refractivity (Wildman–Crippen MR) is 106 cm³/mol. The summed E-state index contributed by atoms with van der Waals surface area (Å²) in [6.07, 6.45) is 10.9. The Morgan fingerprint density at radius 3 is 2.61 bits per heavy atom. The molecule has 4 heterocycles. The summed E-state index contributed by atoms with van der Waals surface area (Å²) in [5, 5.41) is 3.43. The van der Waals surface area contributed by atoms with E-state index in [1.807, 2.05) is 42.9 Å². The highest BCUT2D eigenvalue weighted by molar-refractivity contribution is 5.52. The minimum Gasteiger partial charge on any atom is -0.497 e. The summed E-state index contributed by atoms with van der Waals surface area (Å²) in [4.78, 5) is 9.25. The number of hydrogen-bond acceptors (Lipinski definition) is 5. The van der Waals surface area contributed by atoms with Crippen LogP contribution in [0.4, 0.5) is 0 Å². The van der Waals surface area contributed by atoms with Crippen molar-refractivity contribution >= 4 is 0 Å². The topological polar surface area (TPSA) is 66.1 Å². The first-order chi connectivity index (χ1) is 13.8. The van der Waals surface area contributed by atoms with Crippen LogP contribution in [-0.4, -0.2) is 51.5 Å². The third-order valence-corrected chi connectivity index (χ3v) is 5.96. The van der Waals surface area contributed by atoms with Crippen LogP contribution in [0.25, 0.3) is 17.3 Å². The lowest BCUT2D eigenvalue weighted by Gasteiger charge is -2.32. The number of methoxy groups -OCH3 is 1. The van der Waals surface area contributed by atoms with Gasteiger partial charge in [0.15, 0.2) is 11.6 Å². The van der Waals surface area contributed by atoms with E-state index in [0.717, 1.165) is 62.0 Å². The number of ether oxygens (including phenoxy) is 2. The van der Waals surface area contributed by atoms with E-state index in [4.69, 9.17) is 9.47 Å². The molecule has 1 spiro atoms. The summed E-state index contributed by atoms with van der Waals surface area (Å²) in [6.45, 7) is 2.80. The molecule has 2 fully saturated rings. The lowest BCUT2D eigenvalue weighted by atomic mass is 9.88. The van der Waals surface area contributed by atoms with Gasteiger partial charge in [0.2, 0.25) is 0 Å². The molecule has 2 aliphatic rings. The Bertz CT molecular complexity index is 940. The summed E-state index contributed by atoms with van der Waals surface area (Å²) < 4.78 is 15.9. The monoisotopic (exact) mass is 379 g/mol. The summed E-state index contributed by atoms with van der Waals surface area (Å²) in [5.41, 5.74) is 1.04. The Balaban J connectivity index is 1.45. The molecule has 0 aliphatic carbocycles. The molecule has 5 rings (SSSR count). The lowest BCUT2D eigenvalue weighted by molar-refractivity contribution is -0.0195. The van der Waals surface area contributed by atoms with Crippen molar-refractivity contribution in [2.75, 3.05) is 26.8 Å². The highest BCUT2D eigenvalue weighted by Gasteiger charge is 2.42. The van der Waals surface area contributed by atoms with Gasteiger partial charge in [0.25, 0.3) is 0 Å². The van der Waals surface area contributed by atoms with Crippen molar-refractivity contribution in [2.24, 2.45) is 0 Å². The maximum atomic E-state index is 6.30. The zero-order valence-corrected chi connectivity index (χ0v) is 16.0. The molecule has 0 bridgehead atoms. The molecule has 1 aromatic carbocycles. The van der Waals surface area contributed by atoms with E-state index in [1.165, 1.54) is 0 Å². The van der Waals surface area contributed by atoms with Crippen LogP contribution in [-0.2, 0) is 4.74 Å². The second kappa shape index (κ2) is 7.07. The third-order valence-electron chi connectivity index (χ3n) is 5.96. The molecule has 146 valence electrons. The van der Waals surface area contributed by atoms with Gasteiger partial charge in [-0.05, 0) is 56.6 Å². The second-order valence-electron chi connectivity index (χ2n) is 7.58. The van der Waals surface area contributed by atoms with Gasteiger partial charge < -0.3 is 19.4 Å². The molecule has 1 N–H and O–H groups in total. The van der Waals surface area contributed by atoms with E-state index < -0.39 is 0 Å². The largest absolute Gasteiger partial charge is 0.497 e. The maximum Gasteiger partial charge on any atom is 0.181 e. The highest BCUT2D eigenvalue weighted by Crippen LogP contribution is 2.40. The van der Waals surface area contributed by atoms with Crippen molar-refractivity contribution in [1.82, 2.24) is 24.4 Å². The van der Waals surface area contributed by atoms with E-state index in [1.54, 1.807) is 7.11 Å². The van der Waals surface area contributed by atoms with E-state index >= 15 is 0 Å². The van der Waals surface area contributed by atoms with Gasteiger partial charge in [-0.15, -0.1) is 0 Å². The number of piperidine rings is 1. The summed E-state index contributed by atoms with van der Waals surface area (Å²) in [6, 6.07) is 8.26. The van der Waals surface area contributed by atoms with E-state index in [9.17, 15) is 0 Å². The average Bonchev–Trinajstić information content (AvgIpc) is 3.48. The Labute approximate surface area is 164 Å². The van der Waals surface area contributed by atoms with Gasteiger partial charge in [0, 0.05) is 30.5 Å². The molecule has 1 unspecified atom stereocenters. The van der Waals surface area contributed by atoms with Gasteiger partial charge in [-0.25, -0.2) is 9.97 Å². The van der Waals surface area contributed by atoms with Gasteiger partial charge >= 0.3 is 0 Å². The van der Waals surface area contributed by atoms with Gasteiger partial charge in [0.1, 0.15) is 5.75 Å². The Morgan fingerprint density at radius 1 is 1.07 bits per heavy atom. The minimum atomic E-state index is 0.0167. The number of aromatic nitrogens is 4. The lowest BCUT2D eigenvalue weighted by Crippen LogP contribution is -2.41. The SMILES string of the molecule is COc1ccc(-n2ccnc2-c2nccn2C2COC3(CCNCC3)C2)cc1. The fourth-order valence-corrected chi connectivity index (χ4v) is 4.43. The highest BCUT2D eigenvalue weighted by atomic mass is 16.5. The summed E-state index contributed by atoms with van der Waals surface area (Å²) in [7, 11) is 1.67. The number of nitrogens with one attached hydrogen (secondary N) is 1. The molecule has 0 saturated carbocycles. The zero-order chi connectivity index (χ0) is 19.0. The van der Waals surface area contributed by atoms with E-state index in [2.05, 4.69) is 30.6 Å². The Morgan fingerprint density at radius 2 is 1.82 bits per heavy atom. The van der Waals surface area contributed by atoms with E-state index in [-0.39, 0.29) is 11.6 Å². The molecular formula is C21H25N5O2. The third kappa shape index (κ3) is 3.00. The van der Waals surface area contributed by atoms with Gasteiger partial charge in [0.05, 0.1) is 25.4 Å². The van der Waals surface area contributed by atoms with E-state index in [0.29, 0.717) is 0 Å². The number of benzene rings is 1. The molecule has 0 amide bonds. The molecular weight excluding hydrogens is 354 g/mol. The van der Waals surface area contributed by atoms with Crippen molar-refractivity contribution in [3.05, 3.63) is 49.1 Å². The summed E-state index contributed by atoms with van der Waals surface area (Å²) in [5.74, 6) is 2.55. The first-order valence-electron chi connectivity index (χ1n) is 9.84. The van der Waals surface area contributed by atoms with Crippen LogP contribution >= 0.6 is 0 Å². The van der Waals surface area contributed by atoms with Crippen LogP contribution in [0, 0.1) is 0 Å². The van der Waals surface area contributed by atoms with Crippen molar-refractivity contribution in [3.8, 4) is 23.1 Å². The molecule has 28 heavy (non-hydrogen) atoms.